The average Bonchev–Trinajstić information content (AvgIpc) is 2.56. The Balaban J connectivity index is 0.00000529. The van der Waals surface area contributed by atoms with Crippen LogP contribution in [-0.4, -0.2) is 121 Å². The van der Waals surface area contributed by atoms with E-state index in [1.165, 1.54) is 0 Å². The number of ether oxygens (including phenoxy) is 2. The van der Waals surface area contributed by atoms with Crippen LogP contribution in [0.2, 0.25) is 0 Å². The van der Waals surface area contributed by atoms with Gasteiger partial charge in [0, 0.05) is 0 Å². The first-order chi connectivity index (χ1) is 10.7. The van der Waals surface area contributed by atoms with E-state index in [-0.39, 0.29) is 11.8 Å². The average molecular weight is 360 g/mol. The fraction of sp³-hybridized carbons (Fsp3) is 0.917. The molecule has 0 aliphatic carbocycles. The monoisotopic (exact) mass is 360 g/mol. The van der Waals surface area contributed by atoms with Crippen LogP contribution in [0.4, 0.5) is 0 Å². The second kappa shape index (κ2) is 10.3. The number of aliphatic hydroxyl groups is 8. The molecule has 0 amide bonds. The summed E-state index contributed by atoms with van der Waals surface area (Å²) in [6, 6.07) is 0. The van der Waals surface area contributed by atoms with Crippen LogP contribution >= 0.6 is 0 Å². The molecule has 0 aromatic carbocycles. The van der Waals surface area contributed by atoms with E-state index in [0.29, 0.717) is 0 Å². The van der Waals surface area contributed by atoms with Gasteiger partial charge in [0.25, 0.3) is 0 Å². The highest BCUT2D eigenvalue weighted by molar-refractivity contribution is 5.56. The van der Waals surface area contributed by atoms with Crippen molar-refractivity contribution in [2.45, 2.75) is 55.1 Å². The summed E-state index contributed by atoms with van der Waals surface area (Å²) in [6.07, 6.45) is -15.3. The Hall–Kier alpha value is -0.770. The number of rotatable bonds is 8. The second-order valence-corrected chi connectivity index (χ2v) is 5.21. The SMILES string of the molecule is O.O=C[C@H](O)[C@@H](O)[C@H](O)[C@H](O)CO[C@H]1O[C@H](CO)[C@H](O)[C@H](O)[C@H]1O. The molecule has 12 nitrogen and oxygen atoms in total. The first-order valence-corrected chi connectivity index (χ1v) is 6.84. The molecule has 9 atom stereocenters. The number of aldehydes is 1. The van der Waals surface area contributed by atoms with Gasteiger partial charge in [-0.25, -0.2) is 0 Å². The van der Waals surface area contributed by atoms with Crippen LogP contribution in [0.3, 0.4) is 0 Å². The molecule has 1 rings (SSSR count). The maximum atomic E-state index is 10.3. The van der Waals surface area contributed by atoms with E-state index in [9.17, 15) is 35.4 Å². The Kier molecular flexibility index (Phi) is 9.94. The van der Waals surface area contributed by atoms with E-state index < -0.39 is 68.3 Å². The lowest BCUT2D eigenvalue weighted by atomic mass is 9.99. The summed E-state index contributed by atoms with van der Waals surface area (Å²) in [5.41, 5.74) is 0. The molecule has 0 radical (unpaired) electrons. The van der Waals surface area contributed by atoms with Crippen LogP contribution < -0.4 is 0 Å². The van der Waals surface area contributed by atoms with Gasteiger partial charge in [-0.15, -0.1) is 0 Å². The van der Waals surface area contributed by atoms with Gasteiger partial charge in [-0.3, -0.25) is 0 Å². The highest BCUT2D eigenvalue weighted by atomic mass is 16.7. The standard InChI is InChI=1S/C12H22O11.H2O/c13-1-4(15)7(17)8(18)5(16)3-22-12-11(21)10(20)9(19)6(2-14)23-12;/h1,4-12,14-21H,2-3H2;1H2/t4-,5+,6+,7+,8+,9-,10-,11+,12-;/m0./s1. The highest BCUT2D eigenvalue weighted by Gasteiger charge is 2.44. The summed E-state index contributed by atoms with van der Waals surface area (Å²) >= 11 is 0. The maximum absolute atomic E-state index is 10.3. The zero-order chi connectivity index (χ0) is 17.7. The van der Waals surface area contributed by atoms with Crippen molar-refractivity contribution in [2.24, 2.45) is 0 Å². The van der Waals surface area contributed by atoms with Crippen LogP contribution in [0.5, 0.6) is 0 Å². The maximum Gasteiger partial charge on any atom is 0.186 e. The first kappa shape index (κ1) is 23.2. The van der Waals surface area contributed by atoms with E-state index in [1.807, 2.05) is 0 Å². The minimum Gasteiger partial charge on any atom is -0.412 e. The van der Waals surface area contributed by atoms with Crippen molar-refractivity contribution in [1.29, 1.82) is 0 Å². The number of carbonyl (C=O) groups is 1. The molecule has 0 aromatic rings. The third kappa shape index (κ3) is 5.37. The minimum atomic E-state index is -1.96. The summed E-state index contributed by atoms with van der Waals surface area (Å²) < 4.78 is 9.94. The zero-order valence-corrected chi connectivity index (χ0v) is 12.5. The topological polar surface area (TPSA) is 229 Å². The summed E-state index contributed by atoms with van der Waals surface area (Å²) in [5, 5.41) is 75.4. The Morgan fingerprint density at radius 2 is 1.58 bits per heavy atom. The van der Waals surface area contributed by atoms with Crippen LogP contribution in [0.25, 0.3) is 0 Å². The predicted molar refractivity (Wildman–Crippen MR) is 73.4 cm³/mol. The van der Waals surface area contributed by atoms with Crippen molar-refractivity contribution in [3.05, 3.63) is 0 Å². The molecule has 24 heavy (non-hydrogen) atoms. The fourth-order valence-electron chi connectivity index (χ4n) is 2.01. The second-order valence-electron chi connectivity index (χ2n) is 5.21. The van der Waals surface area contributed by atoms with Crippen molar-refractivity contribution in [1.82, 2.24) is 0 Å². The Labute approximate surface area is 136 Å². The molecule has 10 N–H and O–H groups in total. The van der Waals surface area contributed by atoms with Crippen molar-refractivity contribution in [2.75, 3.05) is 13.2 Å². The molecule has 0 unspecified atom stereocenters. The first-order valence-electron chi connectivity index (χ1n) is 6.84. The molecule has 1 aliphatic heterocycles. The van der Waals surface area contributed by atoms with Gasteiger partial charge >= 0.3 is 0 Å². The van der Waals surface area contributed by atoms with Crippen molar-refractivity contribution >= 4 is 6.29 Å². The van der Waals surface area contributed by atoms with Gasteiger partial charge in [0.2, 0.25) is 0 Å². The molecule has 0 aromatic heterocycles. The van der Waals surface area contributed by atoms with Gasteiger partial charge in [0.1, 0.15) is 48.8 Å². The van der Waals surface area contributed by atoms with E-state index in [2.05, 4.69) is 0 Å². The van der Waals surface area contributed by atoms with Crippen LogP contribution in [0, 0.1) is 0 Å². The molecule has 1 aliphatic rings. The molecule has 144 valence electrons. The van der Waals surface area contributed by atoms with Gasteiger partial charge in [-0.05, 0) is 0 Å². The van der Waals surface area contributed by atoms with Gasteiger partial charge in [0.05, 0.1) is 13.2 Å². The highest BCUT2D eigenvalue weighted by Crippen LogP contribution is 2.22. The fourth-order valence-corrected chi connectivity index (χ4v) is 2.01. The summed E-state index contributed by atoms with van der Waals surface area (Å²) in [5.74, 6) is 0. The summed E-state index contributed by atoms with van der Waals surface area (Å²) in [7, 11) is 0. The number of hydrogen-bond donors (Lipinski definition) is 8. The van der Waals surface area contributed by atoms with E-state index >= 15 is 0 Å². The van der Waals surface area contributed by atoms with Crippen molar-refractivity contribution < 1.29 is 60.6 Å². The van der Waals surface area contributed by atoms with Crippen LogP contribution in [-0.2, 0) is 14.3 Å². The lowest BCUT2D eigenvalue weighted by molar-refractivity contribution is -0.306. The van der Waals surface area contributed by atoms with Gasteiger partial charge < -0.3 is 60.6 Å². The third-order valence-electron chi connectivity index (χ3n) is 3.51. The van der Waals surface area contributed by atoms with E-state index in [0.717, 1.165) is 0 Å². The molecule has 0 saturated carbocycles. The van der Waals surface area contributed by atoms with Gasteiger partial charge in [-0.2, -0.15) is 0 Å². The molecule has 0 bridgehead atoms. The van der Waals surface area contributed by atoms with Gasteiger partial charge in [0.15, 0.2) is 12.6 Å². The smallest absolute Gasteiger partial charge is 0.186 e. The lowest BCUT2D eigenvalue weighted by Crippen LogP contribution is -2.59. The number of carbonyl (C=O) groups excluding carboxylic acids is 1. The minimum absolute atomic E-state index is 0. The molecule has 1 fully saturated rings. The van der Waals surface area contributed by atoms with Crippen LogP contribution in [0.15, 0.2) is 0 Å². The van der Waals surface area contributed by atoms with Crippen LogP contribution in [0.1, 0.15) is 0 Å². The quantitative estimate of drug-likeness (QED) is 0.190. The van der Waals surface area contributed by atoms with Gasteiger partial charge in [-0.1, -0.05) is 0 Å². The Morgan fingerprint density at radius 1 is 1.00 bits per heavy atom. The van der Waals surface area contributed by atoms with E-state index in [4.69, 9.17) is 19.7 Å². The number of hydrogen-bond acceptors (Lipinski definition) is 11. The summed E-state index contributed by atoms with van der Waals surface area (Å²) in [4.78, 5) is 10.3. The molecular weight excluding hydrogens is 336 g/mol. The molecule has 0 spiro atoms. The molecule has 12 heteroatoms. The zero-order valence-electron chi connectivity index (χ0n) is 12.5. The molecular formula is C12H24O12. The lowest BCUT2D eigenvalue weighted by Gasteiger charge is -2.40. The largest absolute Gasteiger partial charge is 0.412 e. The third-order valence-corrected chi connectivity index (χ3v) is 3.51. The van der Waals surface area contributed by atoms with E-state index in [1.54, 1.807) is 0 Å². The molecule has 1 heterocycles. The number of aliphatic hydroxyl groups excluding tert-OH is 8. The Bertz CT molecular complexity index is 366. The van der Waals surface area contributed by atoms with Crippen molar-refractivity contribution in [3.8, 4) is 0 Å². The summed E-state index contributed by atoms with van der Waals surface area (Å²) in [6.45, 7) is -1.37. The predicted octanol–water partition coefficient (Wildman–Crippen LogP) is -6.38. The van der Waals surface area contributed by atoms with Crippen molar-refractivity contribution in [3.63, 3.8) is 0 Å². The Morgan fingerprint density at radius 3 is 2.08 bits per heavy atom. The normalized spacial score (nSPS) is 35.4. The molecule has 1 saturated heterocycles.